The fourth-order valence-corrected chi connectivity index (χ4v) is 1.98. The minimum Gasteiger partial charge on any atom is -0.464 e. The second kappa shape index (κ2) is 7.06. The van der Waals surface area contributed by atoms with Gasteiger partial charge in [0.1, 0.15) is 5.69 Å². The number of rotatable bonds is 5. The van der Waals surface area contributed by atoms with Crippen molar-refractivity contribution < 1.29 is 9.53 Å². The number of esters is 1. The number of nitrogens with zero attached hydrogens (tertiary/aromatic N) is 3. The molecule has 0 amide bonds. The van der Waals surface area contributed by atoms with Gasteiger partial charge in [-0.1, -0.05) is 18.2 Å². The van der Waals surface area contributed by atoms with Crippen molar-refractivity contribution >= 4 is 17.3 Å². The molecule has 1 heterocycles. The zero-order chi connectivity index (χ0) is 15.1. The van der Waals surface area contributed by atoms with Gasteiger partial charge in [-0.15, -0.1) is 0 Å². The lowest BCUT2D eigenvalue weighted by Gasteiger charge is -2.24. The third kappa shape index (κ3) is 3.57. The van der Waals surface area contributed by atoms with Gasteiger partial charge in [-0.3, -0.25) is 0 Å². The van der Waals surface area contributed by atoms with E-state index in [9.17, 15) is 4.79 Å². The monoisotopic (exact) mass is 281 g/mol. The average molecular weight is 281 g/mol. The number of carbonyl (C=O) groups excluding carboxylic acids is 1. The van der Waals surface area contributed by atoms with Crippen LogP contribution in [0.15, 0.2) is 48.7 Å². The molecule has 0 radical (unpaired) electrons. The molecule has 0 spiro atoms. The zero-order valence-corrected chi connectivity index (χ0v) is 11.7. The van der Waals surface area contributed by atoms with Crippen LogP contribution in [0, 0.1) is 11.3 Å². The molecule has 0 N–H and O–H groups in total. The summed E-state index contributed by atoms with van der Waals surface area (Å²) in [6, 6.07) is 15.3. The second-order valence-electron chi connectivity index (χ2n) is 4.29. The van der Waals surface area contributed by atoms with E-state index in [4.69, 9.17) is 5.26 Å². The van der Waals surface area contributed by atoms with Crippen LogP contribution >= 0.6 is 0 Å². The molecular weight excluding hydrogens is 266 g/mol. The second-order valence-corrected chi connectivity index (χ2v) is 4.29. The van der Waals surface area contributed by atoms with Gasteiger partial charge in [-0.05, 0) is 24.3 Å². The summed E-state index contributed by atoms with van der Waals surface area (Å²) in [4.78, 5) is 17.6. The van der Waals surface area contributed by atoms with Gasteiger partial charge in [0.2, 0.25) is 0 Å². The number of hydrogen-bond donors (Lipinski definition) is 0. The maximum atomic E-state index is 11.6. The average Bonchev–Trinajstić information content (AvgIpc) is 2.56. The molecule has 2 aromatic rings. The van der Waals surface area contributed by atoms with Gasteiger partial charge >= 0.3 is 5.97 Å². The Morgan fingerprint density at radius 3 is 2.71 bits per heavy atom. The Balaban J connectivity index is 2.37. The molecule has 0 aliphatic heterocycles. The van der Waals surface area contributed by atoms with Gasteiger partial charge in [0.05, 0.1) is 19.6 Å². The van der Waals surface area contributed by atoms with Gasteiger partial charge in [-0.25, -0.2) is 9.78 Å². The van der Waals surface area contributed by atoms with E-state index in [-0.39, 0.29) is 5.69 Å². The Bertz CT molecular complexity index is 650. The Kier molecular flexibility index (Phi) is 4.89. The minimum atomic E-state index is -0.481. The first-order chi connectivity index (χ1) is 10.3. The highest BCUT2D eigenvalue weighted by atomic mass is 16.5. The van der Waals surface area contributed by atoms with E-state index in [0.29, 0.717) is 13.0 Å². The van der Waals surface area contributed by atoms with Crippen LogP contribution in [0.25, 0.3) is 0 Å². The van der Waals surface area contributed by atoms with Crippen LogP contribution in [0.3, 0.4) is 0 Å². The maximum Gasteiger partial charge on any atom is 0.356 e. The van der Waals surface area contributed by atoms with E-state index in [1.807, 2.05) is 35.2 Å². The van der Waals surface area contributed by atoms with Gasteiger partial charge in [-0.2, -0.15) is 5.26 Å². The fourth-order valence-electron chi connectivity index (χ4n) is 1.98. The van der Waals surface area contributed by atoms with Gasteiger partial charge in [0, 0.05) is 24.1 Å². The molecule has 5 heteroatoms. The molecular formula is C16H15N3O2. The third-order valence-electron chi connectivity index (χ3n) is 2.96. The van der Waals surface area contributed by atoms with Crippen molar-refractivity contribution in [1.82, 2.24) is 4.98 Å². The summed E-state index contributed by atoms with van der Waals surface area (Å²) in [6.07, 6.45) is 1.94. The third-order valence-corrected chi connectivity index (χ3v) is 2.96. The zero-order valence-electron chi connectivity index (χ0n) is 11.7. The first-order valence-corrected chi connectivity index (χ1v) is 6.50. The van der Waals surface area contributed by atoms with Gasteiger partial charge in [0.15, 0.2) is 0 Å². The maximum absolute atomic E-state index is 11.6. The lowest BCUT2D eigenvalue weighted by Crippen LogP contribution is -2.19. The molecule has 1 aromatic heterocycles. The van der Waals surface area contributed by atoms with E-state index >= 15 is 0 Å². The number of benzene rings is 1. The van der Waals surface area contributed by atoms with Crippen molar-refractivity contribution in [3.05, 3.63) is 54.4 Å². The van der Waals surface area contributed by atoms with E-state index in [0.717, 1.165) is 11.4 Å². The summed E-state index contributed by atoms with van der Waals surface area (Å²) in [7, 11) is 1.32. The molecule has 0 bridgehead atoms. The summed E-state index contributed by atoms with van der Waals surface area (Å²) in [6.45, 7) is 0.533. The smallest absolute Gasteiger partial charge is 0.356 e. The molecule has 106 valence electrons. The number of anilines is 2. The summed E-state index contributed by atoms with van der Waals surface area (Å²) >= 11 is 0. The van der Waals surface area contributed by atoms with Crippen LogP contribution in [0.1, 0.15) is 16.9 Å². The highest BCUT2D eigenvalue weighted by Gasteiger charge is 2.13. The van der Waals surface area contributed by atoms with E-state index in [1.54, 1.807) is 18.3 Å². The van der Waals surface area contributed by atoms with Crippen molar-refractivity contribution in [2.24, 2.45) is 0 Å². The van der Waals surface area contributed by atoms with Crippen LogP contribution in [-0.4, -0.2) is 24.6 Å². The Morgan fingerprint density at radius 1 is 1.29 bits per heavy atom. The molecule has 5 nitrogen and oxygen atoms in total. The number of carbonyl (C=O) groups is 1. The van der Waals surface area contributed by atoms with Crippen molar-refractivity contribution in [3.8, 4) is 6.07 Å². The first-order valence-electron chi connectivity index (χ1n) is 6.50. The Labute approximate surface area is 123 Å². The highest BCUT2D eigenvalue weighted by molar-refractivity contribution is 5.88. The topological polar surface area (TPSA) is 66.2 Å². The quantitative estimate of drug-likeness (QED) is 0.788. The van der Waals surface area contributed by atoms with Crippen LogP contribution in [0.2, 0.25) is 0 Å². The number of ether oxygens (including phenoxy) is 1. The first kappa shape index (κ1) is 14.5. The summed E-state index contributed by atoms with van der Waals surface area (Å²) in [5, 5.41) is 8.83. The van der Waals surface area contributed by atoms with E-state index in [2.05, 4.69) is 15.8 Å². The lowest BCUT2D eigenvalue weighted by molar-refractivity contribution is 0.0594. The number of hydrogen-bond acceptors (Lipinski definition) is 5. The number of aromatic nitrogens is 1. The van der Waals surface area contributed by atoms with Crippen LogP contribution in [0.4, 0.5) is 11.4 Å². The molecule has 0 atom stereocenters. The van der Waals surface area contributed by atoms with Gasteiger partial charge < -0.3 is 9.64 Å². The Hall–Kier alpha value is -2.87. The largest absolute Gasteiger partial charge is 0.464 e. The van der Waals surface area contributed by atoms with Crippen LogP contribution in [0.5, 0.6) is 0 Å². The van der Waals surface area contributed by atoms with Crippen molar-refractivity contribution in [1.29, 1.82) is 5.26 Å². The predicted molar refractivity (Wildman–Crippen MR) is 79.3 cm³/mol. The molecule has 0 saturated carbocycles. The predicted octanol–water partition coefficient (Wildman–Crippen LogP) is 2.92. The van der Waals surface area contributed by atoms with Crippen molar-refractivity contribution in [3.63, 3.8) is 0 Å². The van der Waals surface area contributed by atoms with Crippen LogP contribution in [-0.2, 0) is 4.74 Å². The van der Waals surface area contributed by atoms with E-state index < -0.39 is 5.97 Å². The molecule has 0 unspecified atom stereocenters. The van der Waals surface area contributed by atoms with Crippen LogP contribution < -0.4 is 4.90 Å². The fraction of sp³-hybridized carbons (Fsp3) is 0.188. The Morgan fingerprint density at radius 2 is 2.05 bits per heavy atom. The molecule has 21 heavy (non-hydrogen) atoms. The number of nitriles is 1. The minimum absolute atomic E-state index is 0.243. The van der Waals surface area contributed by atoms with Crippen molar-refractivity contribution in [2.45, 2.75) is 6.42 Å². The van der Waals surface area contributed by atoms with E-state index in [1.165, 1.54) is 7.11 Å². The lowest BCUT2D eigenvalue weighted by atomic mass is 10.2. The number of methoxy groups -OCH3 is 1. The number of para-hydroxylation sites is 1. The molecule has 0 aliphatic carbocycles. The molecule has 0 aliphatic rings. The SMILES string of the molecule is COC(=O)c1cc(N(CCC#N)c2ccccc2)ccn1. The molecule has 1 aromatic carbocycles. The molecule has 0 saturated heterocycles. The summed E-state index contributed by atoms with van der Waals surface area (Å²) in [5.41, 5.74) is 1.99. The van der Waals surface area contributed by atoms with Crippen molar-refractivity contribution in [2.75, 3.05) is 18.6 Å². The summed E-state index contributed by atoms with van der Waals surface area (Å²) in [5.74, 6) is -0.481. The van der Waals surface area contributed by atoms with Gasteiger partial charge in [0.25, 0.3) is 0 Å². The normalized spacial score (nSPS) is 9.71. The standard InChI is InChI=1S/C16H15N3O2/c1-21-16(20)15-12-14(8-10-18-15)19(11-5-9-17)13-6-3-2-4-7-13/h2-4,6-8,10,12H,5,11H2,1H3. The molecule has 0 fully saturated rings. The molecule has 2 rings (SSSR count). The number of pyridine rings is 1. The summed E-state index contributed by atoms with van der Waals surface area (Å²) < 4.78 is 4.69. The highest BCUT2D eigenvalue weighted by Crippen LogP contribution is 2.25.